The molecule has 1 fully saturated rings. The van der Waals surface area contributed by atoms with E-state index in [-0.39, 0.29) is 22.3 Å². The molecule has 1 aliphatic rings. The fraction of sp³-hybridized carbons (Fsp3) is 0.281. The molecule has 0 spiro atoms. The molecule has 0 aliphatic carbocycles. The van der Waals surface area contributed by atoms with Crippen LogP contribution < -0.4 is 15.2 Å². The smallest absolute Gasteiger partial charge is 0.281 e. The molecule has 1 aliphatic heterocycles. The molecule has 2 aromatic carbocycles. The highest BCUT2D eigenvalue weighted by atomic mass is 32.2. The molecule has 0 radical (unpaired) electrons. The number of piperidine rings is 1. The van der Waals surface area contributed by atoms with Crippen LogP contribution in [-0.2, 0) is 16.6 Å². The van der Waals surface area contributed by atoms with Gasteiger partial charge in [0, 0.05) is 12.1 Å². The number of nitrogen functional groups attached to an aromatic ring is 1. The van der Waals surface area contributed by atoms with Crippen LogP contribution in [0.25, 0.3) is 11.3 Å². The monoisotopic (exact) mass is 585 g/mol. The molecule has 3 heterocycles. The van der Waals surface area contributed by atoms with Crippen LogP contribution in [0.4, 0.5) is 5.82 Å². The lowest BCUT2D eigenvalue weighted by atomic mass is 10.0. The average Bonchev–Trinajstić information content (AvgIpc) is 2.95. The van der Waals surface area contributed by atoms with Gasteiger partial charge >= 0.3 is 0 Å². The number of pyridine rings is 2. The topological polar surface area (TPSA) is 128 Å². The zero-order valence-electron chi connectivity index (χ0n) is 24.1. The normalized spacial score (nSPS) is 14.0. The maximum absolute atomic E-state index is 13.4. The Hall–Kier alpha value is -4.28. The fourth-order valence-electron chi connectivity index (χ4n) is 5.29. The van der Waals surface area contributed by atoms with E-state index in [0.717, 1.165) is 41.9 Å². The predicted octanol–water partition coefficient (Wildman–Crippen LogP) is 5.55. The van der Waals surface area contributed by atoms with Crippen molar-refractivity contribution in [3.8, 4) is 22.9 Å². The Bertz CT molecular complexity index is 1710. The molecule has 0 saturated carbocycles. The van der Waals surface area contributed by atoms with E-state index >= 15 is 0 Å². The number of nitrogens with two attached hydrogens (primary N) is 1. The van der Waals surface area contributed by atoms with Gasteiger partial charge in [-0.3, -0.25) is 9.69 Å². The number of amides is 1. The zero-order valence-corrected chi connectivity index (χ0v) is 24.9. The standard InChI is InChI=1S/C32H35N5O4S/c1-21-17-22(2)30(23(3)18-21)41-32-26(31(38)36-42(39,40)29-12-8-11-28(33)35-29)13-14-27(34-32)25-10-7-9-24(19-25)20-37-15-5-4-6-16-37/h7-14,17-19H,4-6,15-16,20H2,1-3H3,(H2,33,35)(H,36,38). The van der Waals surface area contributed by atoms with Gasteiger partial charge in [0.05, 0.1) is 5.69 Å². The Morgan fingerprint density at radius 2 is 1.64 bits per heavy atom. The summed E-state index contributed by atoms with van der Waals surface area (Å²) in [7, 11) is -4.30. The highest BCUT2D eigenvalue weighted by molar-refractivity contribution is 7.90. The van der Waals surface area contributed by atoms with Gasteiger partial charge in [-0.05, 0) is 93.7 Å². The molecule has 3 N–H and O–H groups in total. The summed E-state index contributed by atoms with van der Waals surface area (Å²) in [5, 5.41) is -0.362. The summed E-state index contributed by atoms with van der Waals surface area (Å²) in [5.74, 6) is -0.321. The number of nitrogens with zero attached hydrogens (tertiary/aromatic N) is 3. The molecule has 0 bridgehead atoms. The summed E-state index contributed by atoms with van der Waals surface area (Å²) in [6, 6.07) is 19.5. The van der Waals surface area contributed by atoms with Crippen LogP contribution in [0.2, 0.25) is 0 Å². The van der Waals surface area contributed by atoms with Crippen molar-refractivity contribution in [2.45, 2.75) is 51.6 Å². The molecular formula is C32H35N5O4S. The van der Waals surface area contributed by atoms with Gasteiger partial charge in [0.1, 0.15) is 17.1 Å². The maximum atomic E-state index is 13.4. The third kappa shape index (κ3) is 6.78. The second kappa shape index (κ2) is 12.3. The van der Waals surface area contributed by atoms with Gasteiger partial charge in [0.25, 0.3) is 15.9 Å². The zero-order chi connectivity index (χ0) is 29.9. The molecule has 1 saturated heterocycles. The lowest BCUT2D eigenvalue weighted by molar-refractivity contribution is 0.0978. The highest BCUT2D eigenvalue weighted by Gasteiger charge is 2.25. The van der Waals surface area contributed by atoms with Gasteiger partial charge in [-0.1, -0.05) is 48.4 Å². The van der Waals surface area contributed by atoms with Crippen molar-refractivity contribution < 1.29 is 17.9 Å². The first kappa shape index (κ1) is 29.2. The van der Waals surface area contributed by atoms with Gasteiger partial charge in [-0.15, -0.1) is 0 Å². The average molecular weight is 586 g/mol. The minimum absolute atomic E-state index is 0.00257. The van der Waals surface area contributed by atoms with Crippen molar-refractivity contribution in [2.24, 2.45) is 0 Å². The van der Waals surface area contributed by atoms with Crippen LogP contribution in [0.5, 0.6) is 11.6 Å². The number of ether oxygens (including phenoxy) is 1. The van der Waals surface area contributed by atoms with Crippen LogP contribution in [0, 0.1) is 20.8 Å². The second-order valence-corrected chi connectivity index (χ2v) is 12.4. The first-order valence-corrected chi connectivity index (χ1v) is 15.5. The number of carbonyl (C=O) groups is 1. The molecule has 0 unspecified atom stereocenters. The molecule has 9 nitrogen and oxygen atoms in total. The Balaban J connectivity index is 1.51. The minimum Gasteiger partial charge on any atom is -0.438 e. The number of benzene rings is 2. The number of sulfonamides is 1. The number of likely N-dealkylation sites (tertiary alicyclic amines) is 1. The van der Waals surface area contributed by atoms with Crippen LogP contribution in [-0.4, -0.2) is 42.3 Å². The lowest BCUT2D eigenvalue weighted by Gasteiger charge is -2.26. The molecule has 2 aromatic heterocycles. The Morgan fingerprint density at radius 1 is 0.929 bits per heavy atom. The van der Waals surface area contributed by atoms with E-state index in [9.17, 15) is 13.2 Å². The van der Waals surface area contributed by atoms with Gasteiger partial charge in [0.15, 0.2) is 5.03 Å². The highest BCUT2D eigenvalue weighted by Crippen LogP contribution is 2.33. The van der Waals surface area contributed by atoms with Crippen LogP contribution in [0.3, 0.4) is 0 Å². The number of rotatable bonds is 8. The van der Waals surface area contributed by atoms with E-state index in [1.807, 2.05) is 45.0 Å². The molecule has 1 amide bonds. The summed E-state index contributed by atoms with van der Waals surface area (Å²) in [5.41, 5.74) is 11.1. The van der Waals surface area contributed by atoms with E-state index < -0.39 is 15.9 Å². The van der Waals surface area contributed by atoms with E-state index in [0.29, 0.717) is 11.4 Å². The lowest BCUT2D eigenvalue weighted by Crippen LogP contribution is -2.31. The Kier molecular flexibility index (Phi) is 8.56. The van der Waals surface area contributed by atoms with Crippen LogP contribution >= 0.6 is 0 Å². The third-order valence-corrected chi connectivity index (χ3v) is 8.47. The summed E-state index contributed by atoms with van der Waals surface area (Å²) >= 11 is 0. The van der Waals surface area contributed by atoms with Crippen molar-refractivity contribution in [3.05, 3.63) is 94.5 Å². The number of carbonyl (C=O) groups excluding carboxylic acids is 1. The number of hydrogen-bond donors (Lipinski definition) is 2. The summed E-state index contributed by atoms with van der Waals surface area (Å²) in [6.45, 7) is 8.86. The molecular weight excluding hydrogens is 550 g/mol. The summed E-state index contributed by atoms with van der Waals surface area (Å²) < 4.78 is 34.3. The minimum atomic E-state index is -4.30. The third-order valence-electron chi connectivity index (χ3n) is 7.23. The SMILES string of the molecule is Cc1cc(C)c(Oc2nc(-c3cccc(CN4CCCCC4)c3)ccc2C(=O)NS(=O)(=O)c2cccc(N)n2)c(C)c1. The largest absolute Gasteiger partial charge is 0.438 e. The summed E-state index contributed by atoms with van der Waals surface area (Å²) in [6.07, 6.45) is 3.71. The van der Waals surface area contributed by atoms with Gasteiger partial charge in [-0.2, -0.15) is 8.42 Å². The number of aryl methyl sites for hydroxylation is 3. The quantitative estimate of drug-likeness (QED) is 0.276. The van der Waals surface area contributed by atoms with Crippen molar-refractivity contribution in [1.82, 2.24) is 19.6 Å². The first-order valence-electron chi connectivity index (χ1n) is 14.0. The van der Waals surface area contributed by atoms with E-state index in [2.05, 4.69) is 26.7 Å². The number of hydrogen-bond acceptors (Lipinski definition) is 8. The molecule has 5 rings (SSSR count). The van der Waals surface area contributed by atoms with Crippen molar-refractivity contribution in [3.63, 3.8) is 0 Å². The molecule has 10 heteroatoms. The number of nitrogens with one attached hydrogen (secondary N) is 1. The van der Waals surface area contributed by atoms with E-state index in [1.54, 1.807) is 6.07 Å². The summed E-state index contributed by atoms with van der Waals surface area (Å²) in [4.78, 5) is 24.4. The van der Waals surface area contributed by atoms with Gasteiger partial charge in [0.2, 0.25) is 5.88 Å². The molecule has 218 valence electrons. The maximum Gasteiger partial charge on any atom is 0.281 e. The second-order valence-electron chi connectivity index (χ2n) is 10.8. The predicted molar refractivity (Wildman–Crippen MR) is 163 cm³/mol. The van der Waals surface area contributed by atoms with Crippen molar-refractivity contribution in [1.29, 1.82) is 0 Å². The number of anilines is 1. The van der Waals surface area contributed by atoms with Crippen molar-refractivity contribution >= 4 is 21.7 Å². The van der Waals surface area contributed by atoms with Gasteiger partial charge < -0.3 is 10.5 Å². The molecule has 4 aromatic rings. The van der Waals surface area contributed by atoms with E-state index in [1.165, 1.54) is 49.1 Å². The Morgan fingerprint density at radius 3 is 2.36 bits per heavy atom. The van der Waals surface area contributed by atoms with Crippen LogP contribution in [0.15, 0.2) is 71.8 Å². The van der Waals surface area contributed by atoms with Gasteiger partial charge in [-0.25, -0.2) is 14.7 Å². The number of aromatic nitrogens is 2. The fourth-order valence-corrected chi connectivity index (χ4v) is 6.23. The van der Waals surface area contributed by atoms with Crippen molar-refractivity contribution in [2.75, 3.05) is 18.8 Å². The first-order chi connectivity index (χ1) is 20.1. The van der Waals surface area contributed by atoms with E-state index in [4.69, 9.17) is 15.5 Å². The molecule has 42 heavy (non-hydrogen) atoms. The molecule has 0 atom stereocenters. The van der Waals surface area contributed by atoms with Crippen LogP contribution in [0.1, 0.15) is 51.9 Å². The Labute approximate surface area is 246 Å².